The molecule has 1 aliphatic heterocycles. The number of nitrogens with zero attached hydrogens (tertiary/aromatic N) is 1. The molecule has 0 unspecified atom stereocenters. The predicted molar refractivity (Wildman–Crippen MR) is 84.0 cm³/mol. The van der Waals surface area contributed by atoms with E-state index >= 15 is 0 Å². The minimum absolute atomic E-state index is 0.0224. The first kappa shape index (κ1) is 14.6. The molecule has 2 aromatic rings. The fourth-order valence-corrected chi connectivity index (χ4v) is 3.15. The summed E-state index contributed by atoms with van der Waals surface area (Å²) in [6.07, 6.45) is 4.54. The summed E-state index contributed by atoms with van der Waals surface area (Å²) in [6, 6.07) is 7.41. The zero-order chi connectivity index (χ0) is 15.5. The first-order valence-corrected chi connectivity index (χ1v) is 7.77. The monoisotopic (exact) mass is 300 g/mol. The number of rotatable bonds is 3. The average Bonchev–Trinajstić information content (AvgIpc) is 2.70. The van der Waals surface area contributed by atoms with E-state index in [1.165, 1.54) is 0 Å². The maximum absolute atomic E-state index is 12.6. The van der Waals surface area contributed by atoms with Crippen molar-refractivity contribution >= 4 is 22.8 Å². The standard InChI is InChI=1S/C17H20N2O3/c20-15(19-9-5-1-2-6-10-19)11-13-12-7-3-4-8-14(12)18-16(13)17(21)22/h3-4,7-8,18H,1-2,5-6,9-11H2,(H,21,22). The average molecular weight is 300 g/mol. The normalized spacial score (nSPS) is 15.7. The highest BCUT2D eigenvalue weighted by atomic mass is 16.4. The molecule has 116 valence electrons. The summed E-state index contributed by atoms with van der Waals surface area (Å²) in [5.74, 6) is -0.996. The number of aromatic amines is 1. The second-order valence-electron chi connectivity index (χ2n) is 5.80. The van der Waals surface area contributed by atoms with Gasteiger partial charge < -0.3 is 15.0 Å². The molecule has 1 aromatic carbocycles. The van der Waals surface area contributed by atoms with E-state index in [1.807, 2.05) is 29.2 Å². The van der Waals surface area contributed by atoms with Crippen LogP contribution in [0.5, 0.6) is 0 Å². The number of amides is 1. The Kier molecular flexibility index (Phi) is 4.13. The van der Waals surface area contributed by atoms with Gasteiger partial charge in [0.1, 0.15) is 5.69 Å². The Morgan fingerprint density at radius 2 is 1.77 bits per heavy atom. The van der Waals surface area contributed by atoms with Crippen molar-refractivity contribution in [3.05, 3.63) is 35.5 Å². The summed E-state index contributed by atoms with van der Waals surface area (Å²) in [6.45, 7) is 1.56. The lowest BCUT2D eigenvalue weighted by Crippen LogP contribution is -2.33. The number of hydrogen-bond acceptors (Lipinski definition) is 2. The lowest BCUT2D eigenvalue weighted by Gasteiger charge is -2.20. The zero-order valence-corrected chi connectivity index (χ0v) is 12.5. The van der Waals surface area contributed by atoms with E-state index in [9.17, 15) is 14.7 Å². The summed E-state index contributed by atoms with van der Waals surface area (Å²) >= 11 is 0. The molecule has 0 radical (unpaired) electrons. The molecule has 5 heteroatoms. The van der Waals surface area contributed by atoms with Gasteiger partial charge in [-0.15, -0.1) is 0 Å². The third kappa shape index (κ3) is 2.84. The van der Waals surface area contributed by atoms with E-state index in [2.05, 4.69) is 4.98 Å². The van der Waals surface area contributed by atoms with Gasteiger partial charge in [0.05, 0.1) is 6.42 Å². The molecule has 1 aliphatic rings. The number of carbonyl (C=O) groups is 2. The molecule has 2 heterocycles. The molecule has 3 rings (SSSR count). The van der Waals surface area contributed by atoms with Crippen molar-refractivity contribution in [2.45, 2.75) is 32.1 Å². The van der Waals surface area contributed by atoms with Crippen LogP contribution in [0.15, 0.2) is 24.3 Å². The van der Waals surface area contributed by atoms with Crippen LogP contribution in [-0.2, 0) is 11.2 Å². The highest BCUT2D eigenvalue weighted by molar-refractivity contribution is 5.99. The molecule has 2 N–H and O–H groups in total. The highest BCUT2D eigenvalue weighted by Gasteiger charge is 2.22. The van der Waals surface area contributed by atoms with E-state index in [4.69, 9.17) is 0 Å². The number of para-hydroxylation sites is 1. The van der Waals surface area contributed by atoms with Crippen molar-refractivity contribution < 1.29 is 14.7 Å². The summed E-state index contributed by atoms with van der Waals surface area (Å²) in [4.78, 5) is 28.8. The topological polar surface area (TPSA) is 73.4 Å². The van der Waals surface area contributed by atoms with Gasteiger partial charge in [0.15, 0.2) is 0 Å². The minimum Gasteiger partial charge on any atom is -0.477 e. The quantitative estimate of drug-likeness (QED) is 0.915. The molecule has 22 heavy (non-hydrogen) atoms. The molecule has 0 spiro atoms. The molecular weight excluding hydrogens is 280 g/mol. The van der Waals surface area contributed by atoms with Gasteiger partial charge in [-0.1, -0.05) is 31.0 Å². The van der Waals surface area contributed by atoms with E-state index in [1.54, 1.807) is 0 Å². The summed E-state index contributed by atoms with van der Waals surface area (Å²) in [5, 5.41) is 10.2. The van der Waals surface area contributed by atoms with E-state index in [0.717, 1.165) is 49.7 Å². The third-order valence-electron chi connectivity index (χ3n) is 4.31. The van der Waals surface area contributed by atoms with Crippen molar-refractivity contribution in [3.63, 3.8) is 0 Å². The van der Waals surface area contributed by atoms with Gasteiger partial charge in [0.2, 0.25) is 5.91 Å². The SMILES string of the molecule is O=C(O)c1[nH]c2ccccc2c1CC(=O)N1CCCCCC1. The van der Waals surface area contributed by atoms with Crippen molar-refractivity contribution in [1.29, 1.82) is 0 Å². The smallest absolute Gasteiger partial charge is 0.352 e. The van der Waals surface area contributed by atoms with E-state index < -0.39 is 5.97 Å². The number of hydrogen-bond donors (Lipinski definition) is 2. The molecule has 0 saturated carbocycles. The molecule has 0 bridgehead atoms. The van der Waals surface area contributed by atoms with Crippen molar-refractivity contribution in [1.82, 2.24) is 9.88 Å². The molecule has 0 aliphatic carbocycles. The largest absolute Gasteiger partial charge is 0.477 e. The van der Waals surface area contributed by atoms with Crippen molar-refractivity contribution in [2.75, 3.05) is 13.1 Å². The van der Waals surface area contributed by atoms with Gasteiger partial charge in [0.25, 0.3) is 0 Å². The van der Waals surface area contributed by atoms with Gasteiger partial charge in [0, 0.05) is 29.6 Å². The van der Waals surface area contributed by atoms with Crippen LogP contribution in [0.4, 0.5) is 0 Å². The lowest BCUT2D eigenvalue weighted by molar-refractivity contribution is -0.130. The number of aromatic carboxylic acids is 1. The first-order valence-electron chi connectivity index (χ1n) is 7.77. The van der Waals surface area contributed by atoms with Crippen LogP contribution in [0, 0.1) is 0 Å². The number of benzene rings is 1. The lowest BCUT2D eigenvalue weighted by atomic mass is 10.1. The Bertz CT molecular complexity index is 697. The second kappa shape index (κ2) is 6.22. The number of fused-ring (bicyclic) bond motifs is 1. The number of nitrogens with one attached hydrogen (secondary N) is 1. The maximum atomic E-state index is 12.6. The number of carboxylic acids is 1. The number of likely N-dealkylation sites (tertiary alicyclic amines) is 1. The minimum atomic E-state index is -1.02. The maximum Gasteiger partial charge on any atom is 0.352 e. The van der Waals surface area contributed by atoms with Gasteiger partial charge >= 0.3 is 5.97 Å². The molecule has 1 amide bonds. The number of carbonyl (C=O) groups excluding carboxylic acids is 1. The second-order valence-corrected chi connectivity index (χ2v) is 5.80. The van der Waals surface area contributed by atoms with Gasteiger partial charge in [-0.05, 0) is 18.9 Å². The van der Waals surface area contributed by atoms with Crippen LogP contribution in [0.1, 0.15) is 41.7 Å². The first-order chi connectivity index (χ1) is 10.7. The van der Waals surface area contributed by atoms with Crippen LogP contribution in [0.25, 0.3) is 10.9 Å². The summed E-state index contributed by atoms with van der Waals surface area (Å²) < 4.78 is 0. The van der Waals surface area contributed by atoms with E-state index in [-0.39, 0.29) is 18.0 Å². The Labute approximate surface area is 128 Å². The molecule has 1 aromatic heterocycles. The number of H-pyrrole nitrogens is 1. The Hall–Kier alpha value is -2.30. The Balaban J connectivity index is 1.90. The third-order valence-corrected chi connectivity index (χ3v) is 4.31. The fraction of sp³-hybridized carbons (Fsp3) is 0.412. The molecule has 1 saturated heterocycles. The van der Waals surface area contributed by atoms with Crippen LogP contribution in [0.2, 0.25) is 0 Å². The number of carboxylic acid groups (broad SMARTS) is 1. The van der Waals surface area contributed by atoms with Crippen LogP contribution in [0.3, 0.4) is 0 Å². The summed E-state index contributed by atoms with van der Waals surface area (Å²) in [7, 11) is 0. The van der Waals surface area contributed by atoms with Crippen LogP contribution < -0.4 is 0 Å². The van der Waals surface area contributed by atoms with Gasteiger partial charge in [-0.3, -0.25) is 4.79 Å². The van der Waals surface area contributed by atoms with Gasteiger partial charge in [-0.2, -0.15) is 0 Å². The number of aromatic nitrogens is 1. The van der Waals surface area contributed by atoms with Crippen LogP contribution >= 0.6 is 0 Å². The Morgan fingerprint density at radius 1 is 1.09 bits per heavy atom. The molecule has 0 atom stereocenters. The fourth-order valence-electron chi connectivity index (χ4n) is 3.15. The van der Waals surface area contributed by atoms with Crippen LogP contribution in [-0.4, -0.2) is 40.0 Å². The van der Waals surface area contributed by atoms with Gasteiger partial charge in [-0.25, -0.2) is 4.79 Å². The molecule has 1 fully saturated rings. The molecular formula is C17H20N2O3. The Morgan fingerprint density at radius 3 is 2.45 bits per heavy atom. The highest BCUT2D eigenvalue weighted by Crippen LogP contribution is 2.24. The predicted octanol–water partition coefficient (Wildman–Crippen LogP) is 2.81. The summed E-state index contributed by atoms with van der Waals surface area (Å²) in [5.41, 5.74) is 1.49. The van der Waals surface area contributed by atoms with E-state index in [0.29, 0.717) is 5.56 Å². The molecule has 5 nitrogen and oxygen atoms in total. The van der Waals surface area contributed by atoms with Crippen molar-refractivity contribution in [2.24, 2.45) is 0 Å². The zero-order valence-electron chi connectivity index (χ0n) is 12.5. The van der Waals surface area contributed by atoms with Crippen molar-refractivity contribution in [3.8, 4) is 0 Å².